The van der Waals surface area contributed by atoms with E-state index < -0.39 is 0 Å². The second-order valence-electron chi connectivity index (χ2n) is 2.15. The molecule has 0 saturated heterocycles. The van der Waals surface area contributed by atoms with E-state index >= 15 is 0 Å². The van der Waals surface area contributed by atoms with Crippen LogP contribution in [0.2, 0.25) is 0 Å². The van der Waals surface area contributed by atoms with Crippen molar-refractivity contribution in [2.75, 3.05) is 0 Å². The first-order chi connectivity index (χ1) is 5.35. The molecule has 0 aromatic heterocycles. The fraction of sp³-hybridized carbons (Fsp3) is 0.300. The molecule has 0 aliphatic carbocycles. The molecule has 60 valence electrons. The van der Waals surface area contributed by atoms with Gasteiger partial charge in [-0.3, -0.25) is 4.99 Å². The molecular weight excluding hydrogens is 134 g/mol. The SMILES string of the molecule is C=C/C=C/N=C(/C=C)CCC. The molecule has 0 N–H and O–H groups in total. The highest BCUT2D eigenvalue weighted by Crippen LogP contribution is 1.93. The second-order valence-corrected chi connectivity index (χ2v) is 2.15. The van der Waals surface area contributed by atoms with Crippen LogP contribution in [0, 0.1) is 0 Å². The van der Waals surface area contributed by atoms with Gasteiger partial charge in [-0.1, -0.05) is 32.6 Å². The van der Waals surface area contributed by atoms with Crippen molar-refractivity contribution >= 4 is 5.71 Å². The largest absolute Gasteiger partial charge is 0.261 e. The number of nitrogens with zero attached hydrogens (tertiary/aromatic N) is 1. The Balaban J connectivity index is 3.99. The van der Waals surface area contributed by atoms with Gasteiger partial charge in [0.1, 0.15) is 0 Å². The third-order valence-electron chi connectivity index (χ3n) is 1.20. The third kappa shape index (κ3) is 5.34. The Hall–Kier alpha value is -1.11. The van der Waals surface area contributed by atoms with Crippen molar-refractivity contribution in [2.45, 2.75) is 19.8 Å². The highest BCUT2D eigenvalue weighted by Gasteiger charge is 1.87. The summed E-state index contributed by atoms with van der Waals surface area (Å²) in [5, 5.41) is 0. The predicted octanol–water partition coefficient (Wildman–Crippen LogP) is 3.11. The lowest BCUT2D eigenvalue weighted by Crippen LogP contribution is -1.89. The fourth-order valence-corrected chi connectivity index (χ4v) is 0.675. The van der Waals surface area contributed by atoms with Crippen LogP contribution in [0.1, 0.15) is 19.8 Å². The summed E-state index contributed by atoms with van der Waals surface area (Å²) in [4.78, 5) is 4.17. The summed E-state index contributed by atoms with van der Waals surface area (Å²) in [7, 11) is 0. The van der Waals surface area contributed by atoms with Gasteiger partial charge in [0.15, 0.2) is 0 Å². The van der Waals surface area contributed by atoms with E-state index in [0.717, 1.165) is 18.6 Å². The molecule has 0 radical (unpaired) electrons. The number of aliphatic imine (C=N–C) groups is 1. The number of hydrogen-bond donors (Lipinski definition) is 0. The van der Waals surface area contributed by atoms with Gasteiger partial charge in [0.25, 0.3) is 0 Å². The Morgan fingerprint density at radius 1 is 1.45 bits per heavy atom. The van der Waals surface area contributed by atoms with Gasteiger partial charge in [-0.2, -0.15) is 0 Å². The van der Waals surface area contributed by atoms with Crippen LogP contribution in [0.5, 0.6) is 0 Å². The Morgan fingerprint density at radius 3 is 2.64 bits per heavy atom. The molecule has 0 bridgehead atoms. The molecule has 0 unspecified atom stereocenters. The first-order valence-corrected chi connectivity index (χ1v) is 3.81. The summed E-state index contributed by atoms with van der Waals surface area (Å²) in [6.45, 7) is 9.34. The minimum absolute atomic E-state index is 0.991. The highest BCUT2D eigenvalue weighted by atomic mass is 14.7. The molecule has 0 rings (SSSR count). The molecule has 0 spiro atoms. The van der Waals surface area contributed by atoms with Crippen LogP contribution in [-0.4, -0.2) is 5.71 Å². The summed E-state index contributed by atoms with van der Waals surface area (Å²) in [5.74, 6) is 0. The average Bonchev–Trinajstić information content (AvgIpc) is 2.03. The van der Waals surface area contributed by atoms with E-state index in [1.807, 2.05) is 0 Å². The molecule has 0 atom stereocenters. The fourth-order valence-electron chi connectivity index (χ4n) is 0.675. The second kappa shape index (κ2) is 7.00. The monoisotopic (exact) mass is 149 g/mol. The maximum atomic E-state index is 4.17. The van der Waals surface area contributed by atoms with Gasteiger partial charge in [-0.15, -0.1) is 0 Å². The van der Waals surface area contributed by atoms with Crippen LogP contribution < -0.4 is 0 Å². The molecule has 0 aliphatic rings. The van der Waals surface area contributed by atoms with Gasteiger partial charge in [0.2, 0.25) is 0 Å². The highest BCUT2D eigenvalue weighted by molar-refractivity contribution is 5.94. The van der Waals surface area contributed by atoms with Crippen molar-refractivity contribution in [1.29, 1.82) is 0 Å². The van der Waals surface area contributed by atoms with Crippen molar-refractivity contribution in [3.8, 4) is 0 Å². The summed E-state index contributed by atoms with van der Waals surface area (Å²) in [5.41, 5.74) is 1.03. The summed E-state index contributed by atoms with van der Waals surface area (Å²) < 4.78 is 0. The molecular formula is C10H15N. The molecule has 0 fully saturated rings. The van der Waals surface area contributed by atoms with Crippen LogP contribution in [-0.2, 0) is 0 Å². The topological polar surface area (TPSA) is 12.4 Å². The number of allylic oxidation sites excluding steroid dienone is 3. The average molecular weight is 149 g/mol. The summed E-state index contributed by atoms with van der Waals surface area (Å²) in [6.07, 6.45) is 9.13. The minimum atomic E-state index is 0.991. The lowest BCUT2D eigenvalue weighted by molar-refractivity contribution is 0.996. The van der Waals surface area contributed by atoms with Crippen molar-refractivity contribution in [3.05, 3.63) is 37.6 Å². The van der Waals surface area contributed by atoms with Crippen LogP contribution in [0.4, 0.5) is 0 Å². The first-order valence-electron chi connectivity index (χ1n) is 3.81. The summed E-state index contributed by atoms with van der Waals surface area (Å²) >= 11 is 0. The van der Waals surface area contributed by atoms with E-state index in [-0.39, 0.29) is 0 Å². The van der Waals surface area contributed by atoms with Crippen molar-refractivity contribution in [2.24, 2.45) is 4.99 Å². The van der Waals surface area contributed by atoms with Gasteiger partial charge >= 0.3 is 0 Å². The van der Waals surface area contributed by atoms with Gasteiger partial charge in [0, 0.05) is 11.9 Å². The van der Waals surface area contributed by atoms with E-state index in [4.69, 9.17) is 0 Å². The summed E-state index contributed by atoms with van der Waals surface area (Å²) in [6, 6.07) is 0. The van der Waals surface area contributed by atoms with Crippen molar-refractivity contribution in [1.82, 2.24) is 0 Å². The zero-order chi connectivity index (χ0) is 8.53. The zero-order valence-corrected chi connectivity index (χ0v) is 7.09. The maximum absolute atomic E-state index is 4.17. The quantitative estimate of drug-likeness (QED) is 0.420. The normalized spacial score (nSPS) is 11.9. The van der Waals surface area contributed by atoms with Gasteiger partial charge in [-0.25, -0.2) is 0 Å². The van der Waals surface area contributed by atoms with Gasteiger partial charge < -0.3 is 0 Å². The molecule has 0 amide bonds. The molecule has 0 heterocycles. The number of hydrogen-bond acceptors (Lipinski definition) is 1. The van der Waals surface area contributed by atoms with E-state index in [9.17, 15) is 0 Å². The van der Waals surface area contributed by atoms with Gasteiger partial charge in [-0.05, 0) is 18.6 Å². The third-order valence-corrected chi connectivity index (χ3v) is 1.20. The van der Waals surface area contributed by atoms with Crippen LogP contribution >= 0.6 is 0 Å². The van der Waals surface area contributed by atoms with E-state index in [1.54, 1.807) is 24.4 Å². The Morgan fingerprint density at radius 2 is 2.18 bits per heavy atom. The lowest BCUT2D eigenvalue weighted by atomic mass is 10.2. The predicted molar refractivity (Wildman–Crippen MR) is 51.9 cm³/mol. The minimum Gasteiger partial charge on any atom is -0.261 e. The van der Waals surface area contributed by atoms with Crippen molar-refractivity contribution < 1.29 is 0 Å². The van der Waals surface area contributed by atoms with Crippen LogP contribution in [0.15, 0.2) is 42.6 Å². The number of rotatable bonds is 5. The van der Waals surface area contributed by atoms with Crippen molar-refractivity contribution in [3.63, 3.8) is 0 Å². The lowest BCUT2D eigenvalue weighted by Gasteiger charge is -1.93. The van der Waals surface area contributed by atoms with E-state index in [1.165, 1.54) is 0 Å². The Bertz CT molecular complexity index is 175. The van der Waals surface area contributed by atoms with E-state index in [2.05, 4.69) is 25.1 Å². The first kappa shape index (κ1) is 9.89. The molecule has 0 aromatic rings. The molecule has 0 aliphatic heterocycles. The molecule has 0 saturated carbocycles. The maximum Gasteiger partial charge on any atom is 0.0397 e. The Kier molecular flexibility index (Phi) is 6.30. The van der Waals surface area contributed by atoms with Gasteiger partial charge in [0.05, 0.1) is 0 Å². The zero-order valence-electron chi connectivity index (χ0n) is 7.09. The standard InChI is InChI=1S/C10H15N/c1-4-7-9-11-10(6-3)8-5-2/h4,6-7,9H,1,3,5,8H2,2H3/b9-7+,11-10-. The molecule has 1 nitrogen and oxygen atoms in total. The molecule has 11 heavy (non-hydrogen) atoms. The van der Waals surface area contributed by atoms with Crippen LogP contribution in [0.25, 0.3) is 0 Å². The molecule has 0 aromatic carbocycles. The van der Waals surface area contributed by atoms with Crippen LogP contribution in [0.3, 0.4) is 0 Å². The molecule has 1 heteroatoms. The smallest absolute Gasteiger partial charge is 0.0397 e. The Labute approximate surface area is 68.9 Å². The van der Waals surface area contributed by atoms with E-state index in [0.29, 0.717) is 0 Å².